The van der Waals surface area contributed by atoms with Crippen LogP contribution in [0.1, 0.15) is 154 Å². The molecule has 1 aromatic rings. The van der Waals surface area contributed by atoms with Crippen molar-refractivity contribution in [3.05, 3.63) is 35.4 Å². The maximum Gasteiger partial charge on any atom is 0.0720 e. The number of ether oxygens (including phenoxy) is 1. The van der Waals surface area contributed by atoms with Crippen molar-refractivity contribution >= 4 is 0 Å². The molecule has 0 heterocycles. The lowest BCUT2D eigenvalue weighted by Gasteiger charge is -2.26. The lowest BCUT2D eigenvalue weighted by atomic mass is 9.94. The van der Waals surface area contributed by atoms with Gasteiger partial charge in [0.05, 0.1) is 12.7 Å². The van der Waals surface area contributed by atoms with E-state index in [4.69, 9.17) is 4.74 Å². The van der Waals surface area contributed by atoms with Gasteiger partial charge in [0.1, 0.15) is 0 Å². The molecule has 0 amide bonds. The van der Waals surface area contributed by atoms with Crippen molar-refractivity contribution in [2.75, 3.05) is 33.7 Å². The summed E-state index contributed by atoms with van der Waals surface area (Å²) >= 11 is 0. The van der Waals surface area contributed by atoms with Crippen LogP contribution in [0.2, 0.25) is 0 Å². The first kappa shape index (κ1) is 37.1. The maximum absolute atomic E-state index is 6.44. The zero-order chi connectivity index (χ0) is 29.3. The number of likely N-dealkylation sites (N-methyl/N-ethyl adjacent to an activating group) is 2. The molecular weight excluding hydrogens is 488 g/mol. The molecule has 0 aliphatic rings. The van der Waals surface area contributed by atoms with E-state index in [9.17, 15) is 0 Å². The van der Waals surface area contributed by atoms with Crippen LogP contribution >= 0.6 is 0 Å². The molecule has 234 valence electrons. The molecule has 1 aromatic carbocycles. The Morgan fingerprint density at radius 3 is 1.68 bits per heavy atom. The van der Waals surface area contributed by atoms with E-state index in [1.165, 1.54) is 133 Å². The van der Waals surface area contributed by atoms with Gasteiger partial charge >= 0.3 is 0 Å². The number of unbranched alkanes of at least 4 members (excludes halogenated alkanes) is 10. The Morgan fingerprint density at radius 1 is 0.550 bits per heavy atom. The van der Waals surface area contributed by atoms with Gasteiger partial charge in [-0.3, -0.25) is 0 Å². The number of hydrogen-bond donors (Lipinski definition) is 0. The Morgan fingerprint density at radius 2 is 1.02 bits per heavy atom. The quantitative estimate of drug-likeness (QED) is 0.0951. The molecule has 0 radical (unpaired) electrons. The van der Waals surface area contributed by atoms with Crippen molar-refractivity contribution in [3.63, 3.8) is 0 Å². The van der Waals surface area contributed by atoms with Gasteiger partial charge < -0.3 is 14.5 Å². The highest BCUT2D eigenvalue weighted by molar-refractivity contribution is 5.22. The summed E-state index contributed by atoms with van der Waals surface area (Å²) in [6.45, 7) is 14.5. The van der Waals surface area contributed by atoms with Crippen LogP contribution in [0.5, 0.6) is 0 Å². The second-order valence-corrected chi connectivity index (χ2v) is 12.8. The molecule has 0 saturated heterocycles. The van der Waals surface area contributed by atoms with Crippen molar-refractivity contribution in [2.24, 2.45) is 5.92 Å². The van der Waals surface area contributed by atoms with E-state index in [2.05, 4.69) is 75.9 Å². The topological polar surface area (TPSA) is 15.7 Å². The fraction of sp³-hybridized carbons (Fsp3) is 0.838. The van der Waals surface area contributed by atoms with E-state index in [-0.39, 0.29) is 0 Å². The third-order valence-corrected chi connectivity index (χ3v) is 8.59. The first-order chi connectivity index (χ1) is 19.5. The van der Waals surface area contributed by atoms with E-state index < -0.39 is 0 Å². The minimum absolute atomic E-state index is 0.425. The summed E-state index contributed by atoms with van der Waals surface area (Å²) in [5.74, 6) is 0.870. The maximum atomic E-state index is 6.44. The standard InChI is InChI=1S/C37H70N2O/c1-7-11-15-17-20-24-37(23-18-13-9-3)40-33-36-27-25-35(26-28-36)32-39(6)30-29-38(5)31-34(21-14-10-4)22-19-16-12-8-2/h25-28,34,37H,7-24,29-33H2,1-6H3. The summed E-state index contributed by atoms with van der Waals surface area (Å²) in [6, 6.07) is 9.20. The van der Waals surface area contributed by atoms with Crippen LogP contribution < -0.4 is 0 Å². The van der Waals surface area contributed by atoms with E-state index >= 15 is 0 Å². The van der Waals surface area contributed by atoms with Gasteiger partial charge in [0, 0.05) is 26.2 Å². The van der Waals surface area contributed by atoms with Crippen LogP contribution in [-0.4, -0.2) is 49.6 Å². The molecule has 0 aliphatic carbocycles. The molecule has 40 heavy (non-hydrogen) atoms. The lowest BCUT2D eigenvalue weighted by molar-refractivity contribution is 0.0261. The van der Waals surface area contributed by atoms with Crippen molar-refractivity contribution < 1.29 is 4.74 Å². The third-order valence-electron chi connectivity index (χ3n) is 8.59. The fourth-order valence-electron chi connectivity index (χ4n) is 5.81. The van der Waals surface area contributed by atoms with Gasteiger partial charge in [0.15, 0.2) is 0 Å². The smallest absolute Gasteiger partial charge is 0.0720 e. The monoisotopic (exact) mass is 559 g/mol. The Labute approximate surface area is 251 Å². The Hall–Kier alpha value is -0.900. The molecule has 3 heteroatoms. The van der Waals surface area contributed by atoms with Gasteiger partial charge in [0.25, 0.3) is 0 Å². The van der Waals surface area contributed by atoms with Crippen molar-refractivity contribution in [2.45, 2.75) is 163 Å². The Bertz CT molecular complexity index is 661. The predicted octanol–water partition coefficient (Wildman–Crippen LogP) is 10.7. The van der Waals surface area contributed by atoms with Gasteiger partial charge in [-0.25, -0.2) is 0 Å². The molecule has 0 aliphatic heterocycles. The average molecular weight is 559 g/mol. The SMILES string of the molecule is CCCCCCCC(CCCCC)OCc1ccc(CN(C)CCN(C)CC(CCCC)CCCCCC)cc1. The molecule has 3 nitrogen and oxygen atoms in total. The van der Waals surface area contributed by atoms with E-state index in [1.54, 1.807) is 0 Å². The number of hydrogen-bond acceptors (Lipinski definition) is 3. The van der Waals surface area contributed by atoms with Gasteiger partial charge in [-0.05, 0) is 56.8 Å². The van der Waals surface area contributed by atoms with Crippen LogP contribution in [0, 0.1) is 5.92 Å². The van der Waals surface area contributed by atoms with Crippen LogP contribution in [-0.2, 0) is 17.9 Å². The Kier molecular flexibility index (Phi) is 23.9. The van der Waals surface area contributed by atoms with Crippen LogP contribution in [0.3, 0.4) is 0 Å². The van der Waals surface area contributed by atoms with E-state index in [1.807, 2.05) is 0 Å². The normalized spacial score (nSPS) is 13.4. The molecule has 0 fully saturated rings. The zero-order valence-electron chi connectivity index (χ0n) is 28.0. The Balaban J connectivity index is 2.41. The van der Waals surface area contributed by atoms with Crippen LogP contribution in [0.4, 0.5) is 0 Å². The predicted molar refractivity (Wildman–Crippen MR) is 178 cm³/mol. The highest BCUT2D eigenvalue weighted by atomic mass is 16.5. The minimum Gasteiger partial charge on any atom is -0.374 e. The molecular formula is C37H70N2O. The largest absolute Gasteiger partial charge is 0.374 e. The highest BCUT2D eigenvalue weighted by Crippen LogP contribution is 2.19. The van der Waals surface area contributed by atoms with Crippen LogP contribution in [0.25, 0.3) is 0 Å². The summed E-state index contributed by atoms with van der Waals surface area (Å²) in [4.78, 5) is 5.06. The minimum atomic E-state index is 0.425. The molecule has 0 spiro atoms. The first-order valence-electron chi connectivity index (χ1n) is 17.6. The third kappa shape index (κ3) is 20.1. The first-order valence-corrected chi connectivity index (χ1v) is 17.6. The molecule has 0 N–H and O–H groups in total. The molecule has 0 bridgehead atoms. The van der Waals surface area contributed by atoms with E-state index in [0.29, 0.717) is 6.10 Å². The summed E-state index contributed by atoms with van der Waals surface area (Å²) in [6.07, 6.45) is 24.6. The molecule has 1 rings (SSSR count). The highest BCUT2D eigenvalue weighted by Gasteiger charge is 2.13. The van der Waals surface area contributed by atoms with E-state index in [0.717, 1.165) is 32.2 Å². The number of benzene rings is 1. The number of rotatable bonds is 28. The molecule has 2 atom stereocenters. The number of nitrogens with zero attached hydrogens (tertiary/aromatic N) is 2. The van der Waals surface area contributed by atoms with Crippen molar-refractivity contribution in [1.82, 2.24) is 9.80 Å². The molecule has 2 unspecified atom stereocenters. The van der Waals surface area contributed by atoms with Gasteiger partial charge in [-0.1, -0.05) is 142 Å². The summed E-state index contributed by atoms with van der Waals surface area (Å²) < 4.78 is 6.44. The van der Waals surface area contributed by atoms with Gasteiger partial charge in [-0.15, -0.1) is 0 Å². The van der Waals surface area contributed by atoms with Gasteiger partial charge in [-0.2, -0.15) is 0 Å². The summed E-state index contributed by atoms with van der Waals surface area (Å²) in [7, 11) is 4.60. The average Bonchev–Trinajstić information content (AvgIpc) is 2.96. The fourth-order valence-corrected chi connectivity index (χ4v) is 5.81. The van der Waals surface area contributed by atoms with Crippen molar-refractivity contribution in [1.29, 1.82) is 0 Å². The zero-order valence-corrected chi connectivity index (χ0v) is 28.0. The summed E-state index contributed by atoms with van der Waals surface area (Å²) in [5.41, 5.74) is 2.72. The van der Waals surface area contributed by atoms with Crippen LogP contribution in [0.15, 0.2) is 24.3 Å². The second kappa shape index (κ2) is 25.8. The summed E-state index contributed by atoms with van der Waals surface area (Å²) in [5, 5.41) is 0. The molecule has 0 saturated carbocycles. The second-order valence-electron chi connectivity index (χ2n) is 12.8. The lowest BCUT2D eigenvalue weighted by Crippen LogP contribution is -2.33. The van der Waals surface area contributed by atoms with Gasteiger partial charge in [0.2, 0.25) is 0 Å². The molecule has 0 aromatic heterocycles. The van der Waals surface area contributed by atoms with Crippen molar-refractivity contribution in [3.8, 4) is 0 Å².